The summed E-state index contributed by atoms with van der Waals surface area (Å²) in [5.74, 6) is 0. The van der Waals surface area contributed by atoms with Gasteiger partial charge in [-0.05, 0) is 216 Å². The molecule has 0 amide bonds. The summed E-state index contributed by atoms with van der Waals surface area (Å²) >= 11 is 0. The number of aromatic nitrogens is 2. The first kappa shape index (κ1) is 79.7. The Labute approximate surface area is 660 Å². The van der Waals surface area contributed by atoms with Crippen LogP contribution in [0, 0.1) is 21.7 Å². The van der Waals surface area contributed by atoms with E-state index in [2.05, 4.69) is 195 Å². The Balaban J connectivity index is 0.000000177. The molecule has 4 fully saturated rings. The number of benzene rings is 8. The molecule has 112 heavy (non-hydrogen) atoms. The fourth-order valence-corrected chi connectivity index (χ4v) is 16.3. The van der Waals surface area contributed by atoms with E-state index < -0.39 is 0 Å². The van der Waals surface area contributed by atoms with Crippen molar-refractivity contribution < 1.29 is 65.7 Å². The highest BCUT2D eigenvalue weighted by atomic mass is 16.5. The number of nitrogens with zero attached hydrogens (tertiary/aromatic N) is 2. The summed E-state index contributed by atoms with van der Waals surface area (Å²) in [6.07, 6.45) is 17.3. The van der Waals surface area contributed by atoms with E-state index in [0.717, 1.165) is 312 Å². The molecule has 4 aromatic heterocycles. The Kier molecular flexibility index (Phi) is 27.2. The van der Waals surface area contributed by atoms with Crippen LogP contribution in [-0.4, -0.2) is 141 Å². The van der Waals surface area contributed by atoms with Gasteiger partial charge in [-0.1, -0.05) is 88.4 Å². The second kappa shape index (κ2) is 38.3. The number of furan rings is 2. The van der Waals surface area contributed by atoms with Crippen molar-refractivity contribution in [1.82, 2.24) is 9.13 Å². The third-order valence-electron chi connectivity index (χ3n) is 24.3. The number of fused-ring (bicyclic) bond motifs is 13. The van der Waals surface area contributed by atoms with Crippen LogP contribution in [0.15, 0.2) is 167 Å². The lowest BCUT2D eigenvalue weighted by atomic mass is 9.84. The van der Waals surface area contributed by atoms with Crippen LogP contribution in [0.1, 0.15) is 153 Å². The third kappa shape index (κ3) is 18.7. The Morgan fingerprint density at radius 3 is 1.02 bits per heavy atom. The summed E-state index contributed by atoms with van der Waals surface area (Å²) in [5.41, 5.74) is 16.1. The largest absolute Gasteiger partial charge is 0.456 e. The lowest BCUT2D eigenvalue weighted by Crippen LogP contribution is -2.45. The van der Waals surface area contributed by atoms with Crippen LogP contribution in [0.25, 0.3) is 98.9 Å². The zero-order valence-corrected chi connectivity index (χ0v) is 66.9. The first-order valence-electron chi connectivity index (χ1n) is 42.1. The molecule has 16 heteroatoms. The molecule has 0 spiro atoms. The molecule has 12 aromatic rings. The van der Waals surface area contributed by atoms with E-state index >= 15 is 0 Å². The normalized spacial score (nSPS) is 16.2. The van der Waals surface area contributed by atoms with E-state index in [9.17, 15) is 0 Å². The first-order chi connectivity index (χ1) is 55.2. The molecule has 8 aromatic carbocycles. The number of unbranched alkanes of at least 4 members (excludes halogenated alkanes) is 8. The summed E-state index contributed by atoms with van der Waals surface area (Å²) in [6.45, 7) is 27.4. The molecule has 0 radical (unpaired) electrons. The molecule has 8 heterocycles. The van der Waals surface area contributed by atoms with Crippen molar-refractivity contribution >= 4 is 87.5 Å². The lowest BCUT2D eigenvalue weighted by molar-refractivity contribution is -0.150. The van der Waals surface area contributed by atoms with E-state index in [4.69, 9.17) is 65.7 Å². The van der Waals surface area contributed by atoms with Gasteiger partial charge >= 0.3 is 0 Å². The van der Waals surface area contributed by atoms with Crippen LogP contribution in [0.4, 0.5) is 0 Å². The molecule has 0 bridgehead atoms. The molecular weight excluding hydrogens is 1410 g/mol. The van der Waals surface area contributed by atoms with E-state index in [-0.39, 0.29) is 21.7 Å². The maximum absolute atomic E-state index is 6.48. The highest BCUT2D eigenvalue weighted by Gasteiger charge is 2.40. The van der Waals surface area contributed by atoms with Gasteiger partial charge in [0.2, 0.25) is 0 Å². The average Bonchev–Trinajstić information content (AvgIpc) is 1.57. The lowest BCUT2D eigenvalue weighted by Gasteiger charge is -2.40. The van der Waals surface area contributed by atoms with Crippen molar-refractivity contribution in [3.63, 3.8) is 0 Å². The maximum Gasteiger partial charge on any atom is 0.137 e. The van der Waals surface area contributed by atoms with Gasteiger partial charge in [0.1, 0.15) is 22.3 Å². The summed E-state index contributed by atoms with van der Waals surface area (Å²) in [4.78, 5) is 0. The summed E-state index contributed by atoms with van der Waals surface area (Å²) in [6, 6.07) is 56.6. The Bertz CT molecular complexity index is 4900. The van der Waals surface area contributed by atoms with Crippen molar-refractivity contribution in [2.45, 2.75) is 157 Å². The third-order valence-corrected chi connectivity index (χ3v) is 24.3. The van der Waals surface area contributed by atoms with Gasteiger partial charge in [0.15, 0.2) is 0 Å². The van der Waals surface area contributed by atoms with Crippen molar-refractivity contribution in [3.05, 3.63) is 180 Å². The SMILES string of the molecule is CCC1(COCCCCCOCc2ccc3oc4cc5c(cc4c3c2)c2cc(COCCCCCOCC3(CC)COC3)ccc2n5-c2ccccc2)COC1.CCC1(COCCCCCOCc2ccc3oc4ccc5c6cc(COCCCCCOCC7(CC)COC7)ccc6n(-c6ccccc6)c5c4c3c2)COC1. The van der Waals surface area contributed by atoms with Crippen molar-refractivity contribution in [1.29, 1.82) is 0 Å². The molecule has 0 saturated carbocycles. The zero-order valence-electron chi connectivity index (χ0n) is 66.9. The first-order valence-corrected chi connectivity index (χ1v) is 42.1. The van der Waals surface area contributed by atoms with E-state index in [1.807, 2.05) is 0 Å². The van der Waals surface area contributed by atoms with E-state index in [1.54, 1.807) is 0 Å². The quantitative estimate of drug-likeness (QED) is 0.0333. The molecule has 16 rings (SSSR count). The Morgan fingerprint density at radius 1 is 0.277 bits per heavy atom. The summed E-state index contributed by atoms with van der Waals surface area (Å²) < 4.78 is 87.9. The molecule has 4 aliphatic rings. The van der Waals surface area contributed by atoms with Crippen LogP contribution < -0.4 is 0 Å². The minimum absolute atomic E-state index is 0.258. The minimum Gasteiger partial charge on any atom is -0.456 e. The monoisotopic (exact) mass is 1520 g/mol. The highest BCUT2D eigenvalue weighted by Crippen LogP contribution is 2.44. The average molecular weight is 1520 g/mol. The Morgan fingerprint density at radius 2 is 0.607 bits per heavy atom. The maximum atomic E-state index is 6.48. The molecule has 596 valence electrons. The zero-order chi connectivity index (χ0) is 76.4. The summed E-state index contributed by atoms with van der Waals surface area (Å²) in [5, 5.41) is 9.32. The molecule has 16 nitrogen and oxygen atoms in total. The predicted molar refractivity (Wildman–Crippen MR) is 448 cm³/mol. The second-order valence-corrected chi connectivity index (χ2v) is 32.7. The van der Waals surface area contributed by atoms with Gasteiger partial charge in [0.05, 0.1) is 133 Å². The smallest absolute Gasteiger partial charge is 0.137 e. The van der Waals surface area contributed by atoms with Crippen molar-refractivity contribution in [3.8, 4) is 11.4 Å². The molecule has 4 aliphatic heterocycles. The van der Waals surface area contributed by atoms with Gasteiger partial charge < -0.3 is 74.8 Å². The molecule has 4 saturated heterocycles. The van der Waals surface area contributed by atoms with E-state index in [0.29, 0.717) is 26.4 Å². The number of hydrogen-bond donors (Lipinski definition) is 0. The van der Waals surface area contributed by atoms with E-state index in [1.165, 1.54) is 43.7 Å². The van der Waals surface area contributed by atoms with Crippen LogP contribution in [0.3, 0.4) is 0 Å². The minimum atomic E-state index is 0.258. The topological polar surface area (TPSA) is 147 Å². The molecule has 0 unspecified atom stereocenters. The number of para-hydroxylation sites is 2. The van der Waals surface area contributed by atoms with Crippen LogP contribution in [0.5, 0.6) is 0 Å². The fourth-order valence-electron chi connectivity index (χ4n) is 16.3. The summed E-state index contributed by atoms with van der Waals surface area (Å²) in [7, 11) is 0. The van der Waals surface area contributed by atoms with Gasteiger partial charge in [-0.2, -0.15) is 0 Å². The highest BCUT2D eigenvalue weighted by molar-refractivity contribution is 6.25. The fraction of sp³-hybridized carbons (Fsp3) is 0.500. The second-order valence-electron chi connectivity index (χ2n) is 32.7. The van der Waals surface area contributed by atoms with Gasteiger partial charge in [0.25, 0.3) is 0 Å². The number of hydrogen-bond acceptors (Lipinski definition) is 14. The van der Waals surface area contributed by atoms with Gasteiger partial charge in [-0.25, -0.2) is 0 Å². The van der Waals surface area contributed by atoms with Crippen LogP contribution in [-0.2, 0) is 83.3 Å². The number of rotatable bonds is 46. The molecule has 0 N–H and O–H groups in total. The molecular formula is C96H118N2O14. The Hall–Kier alpha value is -7.52. The molecule has 0 atom stereocenters. The standard InChI is InChI=1S/2C48H59NO7/c1-3-47(32-54-33-47)30-52-24-12-6-10-22-50-28-36-16-19-42-40(26-36)39-18-21-44-45(46(39)49(42)38-14-8-5-9-15-38)41-27-37(17-20-43(41)56-44)29-51-23-11-7-13-25-53-31-48(4-2)34-55-35-48;1-3-47(32-54-33-47)30-52-22-12-6-10-20-50-28-36-16-18-43-39(24-36)40-26-42-41-25-37(29-51-21-11-7-13-23-53-31-48(4-2)34-55-35-48)17-19-45(41)56-46(42)27-44(40)49(43)38-14-8-5-9-15-38/h5,8-9,14-21,26-27H,3-4,6-7,10-13,22-25,28-35H2,1-2H3;5,8-9,14-19,24-27H,3-4,6-7,10-13,20-23,28-35H2,1-2H3. The van der Waals surface area contributed by atoms with Gasteiger partial charge in [-0.3, -0.25) is 0 Å². The van der Waals surface area contributed by atoms with Crippen molar-refractivity contribution in [2.24, 2.45) is 21.7 Å². The van der Waals surface area contributed by atoms with Crippen LogP contribution in [0.2, 0.25) is 0 Å². The van der Waals surface area contributed by atoms with Gasteiger partial charge in [-0.15, -0.1) is 0 Å². The van der Waals surface area contributed by atoms with Crippen LogP contribution >= 0.6 is 0 Å². The van der Waals surface area contributed by atoms with Gasteiger partial charge in [0, 0.05) is 130 Å². The number of ether oxygens (including phenoxy) is 12. The predicted octanol–water partition coefficient (Wildman–Crippen LogP) is 21.9. The van der Waals surface area contributed by atoms with Crippen molar-refractivity contribution in [2.75, 3.05) is 132 Å². The molecule has 0 aliphatic carbocycles.